The standard InChI is InChI=1S/C15H19N3O2/c1-11-3-2-4-12(9-11)10-18-13(19)15(17-14(18)20)5-7-16-8-6-15/h2-4,9,16H,5-8,10H2,1H3,(H,17,20). The van der Waals surface area contributed by atoms with Crippen LogP contribution in [0.4, 0.5) is 4.79 Å². The number of hydrogen-bond acceptors (Lipinski definition) is 3. The molecule has 1 spiro atoms. The van der Waals surface area contributed by atoms with Crippen molar-refractivity contribution in [1.29, 1.82) is 0 Å². The van der Waals surface area contributed by atoms with Crippen LogP contribution in [0.3, 0.4) is 0 Å². The van der Waals surface area contributed by atoms with Gasteiger partial charge in [-0.25, -0.2) is 4.79 Å². The van der Waals surface area contributed by atoms with Crippen molar-refractivity contribution in [2.75, 3.05) is 13.1 Å². The fourth-order valence-electron chi connectivity index (χ4n) is 3.01. The number of imide groups is 1. The summed E-state index contributed by atoms with van der Waals surface area (Å²) in [6.07, 6.45) is 1.34. The van der Waals surface area contributed by atoms with Gasteiger partial charge in [0, 0.05) is 0 Å². The highest BCUT2D eigenvalue weighted by molar-refractivity contribution is 6.07. The number of urea groups is 1. The quantitative estimate of drug-likeness (QED) is 0.795. The van der Waals surface area contributed by atoms with E-state index in [-0.39, 0.29) is 11.9 Å². The van der Waals surface area contributed by atoms with Crippen LogP contribution < -0.4 is 10.6 Å². The average molecular weight is 273 g/mol. The van der Waals surface area contributed by atoms with E-state index in [1.807, 2.05) is 31.2 Å². The summed E-state index contributed by atoms with van der Waals surface area (Å²) in [6, 6.07) is 7.64. The van der Waals surface area contributed by atoms with Gasteiger partial charge in [0.05, 0.1) is 6.54 Å². The second-order valence-corrected chi connectivity index (χ2v) is 5.64. The first-order chi connectivity index (χ1) is 9.61. The Kier molecular flexibility index (Phi) is 3.22. The van der Waals surface area contributed by atoms with E-state index in [1.54, 1.807) is 0 Å². The zero-order chi connectivity index (χ0) is 14.2. The normalized spacial score (nSPS) is 21.4. The van der Waals surface area contributed by atoms with Crippen LogP contribution in [0.2, 0.25) is 0 Å². The molecule has 1 aromatic rings. The zero-order valence-electron chi connectivity index (χ0n) is 11.6. The van der Waals surface area contributed by atoms with Crippen molar-refractivity contribution in [3.8, 4) is 0 Å². The molecule has 2 aliphatic heterocycles. The lowest BCUT2D eigenvalue weighted by atomic mass is 9.88. The first kappa shape index (κ1) is 13.1. The van der Waals surface area contributed by atoms with E-state index in [2.05, 4.69) is 10.6 Å². The number of aryl methyl sites for hydroxylation is 1. The third kappa shape index (κ3) is 2.18. The van der Waals surface area contributed by atoms with Crippen LogP contribution in [-0.2, 0) is 11.3 Å². The van der Waals surface area contributed by atoms with Crippen molar-refractivity contribution in [1.82, 2.24) is 15.5 Å². The lowest BCUT2D eigenvalue weighted by molar-refractivity contribution is -0.132. The molecule has 5 nitrogen and oxygen atoms in total. The molecule has 0 aliphatic carbocycles. The molecular weight excluding hydrogens is 254 g/mol. The summed E-state index contributed by atoms with van der Waals surface area (Å²) >= 11 is 0. The van der Waals surface area contributed by atoms with Crippen LogP contribution in [0.1, 0.15) is 24.0 Å². The van der Waals surface area contributed by atoms with Crippen molar-refractivity contribution in [2.45, 2.75) is 31.8 Å². The maximum atomic E-state index is 12.6. The minimum Gasteiger partial charge on any atom is -0.323 e. The van der Waals surface area contributed by atoms with Crippen LogP contribution in [0.5, 0.6) is 0 Å². The number of benzene rings is 1. The lowest BCUT2D eigenvalue weighted by Crippen LogP contribution is -2.53. The van der Waals surface area contributed by atoms with Gasteiger partial charge in [0.1, 0.15) is 5.54 Å². The Bertz CT molecular complexity index is 550. The Balaban J connectivity index is 1.80. The molecule has 2 saturated heterocycles. The SMILES string of the molecule is Cc1cccc(CN2C(=O)NC3(CCNCC3)C2=O)c1. The highest BCUT2D eigenvalue weighted by Crippen LogP contribution is 2.28. The largest absolute Gasteiger partial charge is 0.325 e. The summed E-state index contributed by atoms with van der Waals surface area (Å²) in [6.45, 7) is 3.89. The predicted molar refractivity (Wildman–Crippen MR) is 75.1 cm³/mol. The highest BCUT2D eigenvalue weighted by atomic mass is 16.2. The fourth-order valence-corrected chi connectivity index (χ4v) is 3.01. The lowest BCUT2D eigenvalue weighted by Gasteiger charge is -2.31. The molecule has 2 heterocycles. The molecule has 2 aliphatic rings. The van der Waals surface area contributed by atoms with E-state index in [1.165, 1.54) is 4.90 Å². The number of amides is 3. The molecule has 2 N–H and O–H groups in total. The first-order valence-corrected chi connectivity index (χ1v) is 7.01. The summed E-state index contributed by atoms with van der Waals surface area (Å²) in [5.41, 5.74) is 1.44. The predicted octanol–water partition coefficient (Wildman–Crippen LogP) is 1.17. The van der Waals surface area contributed by atoms with Crippen LogP contribution in [-0.4, -0.2) is 35.5 Å². The number of carbonyl (C=O) groups excluding carboxylic acids is 2. The van der Waals surface area contributed by atoms with Crippen LogP contribution in [0.25, 0.3) is 0 Å². The summed E-state index contributed by atoms with van der Waals surface area (Å²) in [5.74, 6) is -0.0782. The highest BCUT2D eigenvalue weighted by Gasteiger charge is 2.51. The van der Waals surface area contributed by atoms with Gasteiger partial charge in [-0.2, -0.15) is 0 Å². The summed E-state index contributed by atoms with van der Waals surface area (Å²) in [7, 11) is 0. The van der Waals surface area contributed by atoms with Gasteiger partial charge < -0.3 is 10.6 Å². The molecule has 106 valence electrons. The Morgan fingerprint density at radius 3 is 2.70 bits per heavy atom. The third-order valence-corrected chi connectivity index (χ3v) is 4.13. The van der Waals surface area contributed by atoms with E-state index in [0.29, 0.717) is 19.4 Å². The van der Waals surface area contributed by atoms with Gasteiger partial charge in [-0.15, -0.1) is 0 Å². The van der Waals surface area contributed by atoms with Crippen molar-refractivity contribution in [3.05, 3.63) is 35.4 Å². The van der Waals surface area contributed by atoms with Gasteiger partial charge in [0.15, 0.2) is 0 Å². The minimum absolute atomic E-state index is 0.0782. The Morgan fingerprint density at radius 2 is 2.00 bits per heavy atom. The molecule has 0 radical (unpaired) electrons. The van der Waals surface area contributed by atoms with Gasteiger partial charge in [0.25, 0.3) is 5.91 Å². The van der Waals surface area contributed by atoms with Crippen LogP contribution in [0.15, 0.2) is 24.3 Å². The first-order valence-electron chi connectivity index (χ1n) is 7.01. The minimum atomic E-state index is -0.674. The molecule has 3 amide bonds. The molecular formula is C15H19N3O2. The van der Waals surface area contributed by atoms with Gasteiger partial charge in [-0.3, -0.25) is 9.69 Å². The van der Waals surface area contributed by atoms with E-state index in [0.717, 1.165) is 24.2 Å². The number of rotatable bonds is 2. The average Bonchev–Trinajstić information content (AvgIpc) is 2.64. The molecule has 2 fully saturated rings. The fraction of sp³-hybridized carbons (Fsp3) is 0.467. The molecule has 0 aromatic heterocycles. The van der Waals surface area contributed by atoms with Gasteiger partial charge in [0.2, 0.25) is 0 Å². The second kappa shape index (κ2) is 4.90. The van der Waals surface area contributed by atoms with Crippen molar-refractivity contribution < 1.29 is 9.59 Å². The van der Waals surface area contributed by atoms with Crippen molar-refractivity contribution in [3.63, 3.8) is 0 Å². The van der Waals surface area contributed by atoms with Gasteiger partial charge in [-0.1, -0.05) is 29.8 Å². The maximum Gasteiger partial charge on any atom is 0.325 e. The number of nitrogens with zero attached hydrogens (tertiary/aromatic N) is 1. The summed E-state index contributed by atoms with van der Waals surface area (Å²) in [5, 5.41) is 6.12. The third-order valence-electron chi connectivity index (χ3n) is 4.13. The zero-order valence-corrected chi connectivity index (χ0v) is 11.6. The van der Waals surface area contributed by atoms with Crippen LogP contribution >= 0.6 is 0 Å². The molecule has 20 heavy (non-hydrogen) atoms. The molecule has 3 rings (SSSR count). The van der Waals surface area contributed by atoms with Crippen molar-refractivity contribution >= 4 is 11.9 Å². The number of hydrogen-bond donors (Lipinski definition) is 2. The molecule has 0 bridgehead atoms. The summed E-state index contributed by atoms with van der Waals surface area (Å²) < 4.78 is 0. The molecule has 5 heteroatoms. The van der Waals surface area contributed by atoms with E-state index >= 15 is 0 Å². The van der Waals surface area contributed by atoms with Crippen LogP contribution in [0, 0.1) is 6.92 Å². The van der Waals surface area contributed by atoms with E-state index < -0.39 is 5.54 Å². The molecule has 0 saturated carbocycles. The second-order valence-electron chi connectivity index (χ2n) is 5.64. The van der Waals surface area contributed by atoms with Gasteiger partial charge >= 0.3 is 6.03 Å². The number of nitrogens with one attached hydrogen (secondary N) is 2. The Labute approximate surface area is 118 Å². The summed E-state index contributed by atoms with van der Waals surface area (Å²) in [4.78, 5) is 26.1. The number of carbonyl (C=O) groups is 2. The maximum absolute atomic E-state index is 12.6. The van der Waals surface area contributed by atoms with E-state index in [9.17, 15) is 9.59 Å². The van der Waals surface area contributed by atoms with Crippen molar-refractivity contribution in [2.24, 2.45) is 0 Å². The molecule has 1 aromatic carbocycles. The molecule has 0 unspecified atom stereocenters. The van der Waals surface area contributed by atoms with E-state index in [4.69, 9.17) is 0 Å². The topological polar surface area (TPSA) is 61.4 Å². The van der Waals surface area contributed by atoms with Gasteiger partial charge in [-0.05, 0) is 38.4 Å². The Morgan fingerprint density at radius 1 is 1.25 bits per heavy atom. The monoisotopic (exact) mass is 273 g/mol. The Hall–Kier alpha value is -1.88. The number of piperidine rings is 1. The molecule has 0 atom stereocenters. The smallest absolute Gasteiger partial charge is 0.323 e.